The predicted molar refractivity (Wildman–Crippen MR) is 117 cm³/mol. The van der Waals surface area contributed by atoms with Crippen molar-refractivity contribution in [2.45, 2.75) is 6.54 Å². The monoisotopic (exact) mass is 422 g/mol. The van der Waals surface area contributed by atoms with Gasteiger partial charge in [0.25, 0.3) is 0 Å². The van der Waals surface area contributed by atoms with Crippen LogP contribution < -0.4 is 5.32 Å². The van der Waals surface area contributed by atoms with Crippen LogP contribution in [0.15, 0.2) is 67.3 Å². The molecule has 8 nitrogen and oxygen atoms in total. The highest BCUT2D eigenvalue weighted by Gasteiger charge is 2.07. The molecule has 0 aliphatic rings. The highest BCUT2D eigenvalue weighted by Crippen LogP contribution is 2.15. The van der Waals surface area contributed by atoms with Crippen molar-refractivity contribution in [1.29, 1.82) is 0 Å². The summed E-state index contributed by atoms with van der Waals surface area (Å²) in [6.45, 7) is 0.205. The molecule has 1 aromatic carbocycles. The molecule has 5 rings (SSSR count). The maximum absolute atomic E-state index is 13.7. The first kappa shape index (κ1) is 19.3. The summed E-state index contributed by atoms with van der Waals surface area (Å²) in [6.07, 6.45) is 6.38. The summed E-state index contributed by atoms with van der Waals surface area (Å²) in [6, 6.07) is 12.6. The number of nitrogens with one attached hydrogen (secondary N) is 2. The molecule has 0 unspecified atom stereocenters. The molecule has 4 aromatic heterocycles. The smallest absolute Gasteiger partial charge is 0.223 e. The first-order valence-corrected chi connectivity index (χ1v) is 9.69. The number of halogens is 1. The van der Waals surface area contributed by atoms with Crippen LogP contribution >= 0.6 is 0 Å². The number of hydrogen-bond donors (Lipinski definition) is 2. The minimum atomic E-state index is -0.530. The van der Waals surface area contributed by atoms with Crippen LogP contribution in [0.1, 0.15) is 16.8 Å². The Kier molecular flexibility index (Phi) is 5.16. The Morgan fingerprint density at radius 3 is 2.81 bits per heavy atom. The highest BCUT2D eigenvalue weighted by atomic mass is 19.1. The quantitative estimate of drug-likeness (QED) is 0.338. The lowest BCUT2D eigenvalue weighted by molar-refractivity contribution is 0.569. The van der Waals surface area contributed by atoms with Crippen LogP contribution in [-0.4, -0.2) is 35.1 Å². The first-order chi connectivity index (χ1) is 15.7. The van der Waals surface area contributed by atoms with Gasteiger partial charge < -0.3 is 5.32 Å². The molecule has 0 atom stereocenters. The molecule has 154 valence electrons. The van der Waals surface area contributed by atoms with Gasteiger partial charge in [0.05, 0.1) is 11.7 Å². The van der Waals surface area contributed by atoms with Crippen LogP contribution in [0.25, 0.3) is 22.4 Å². The lowest BCUT2D eigenvalue weighted by Gasteiger charge is -2.06. The van der Waals surface area contributed by atoms with Gasteiger partial charge in [-0.05, 0) is 42.3 Å². The van der Waals surface area contributed by atoms with Crippen molar-refractivity contribution in [3.8, 4) is 23.4 Å². The molecule has 32 heavy (non-hydrogen) atoms. The second-order valence-electron chi connectivity index (χ2n) is 6.76. The summed E-state index contributed by atoms with van der Waals surface area (Å²) in [5.74, 6) is 6.38. The summed E-state index contributed by atoms with van der Waals surface area (Å²) in [5, 5.41) is 10.9. The number of anilines is 1. The zero-order valence-electron chi connectivity index (χ0n) is 16.6. The fourth-order valence-corrected chi connectivity index (χ4v) is 3.00. The average Bonchev–Trinajstić information content (AvgIpc) is 3.31. The summed E-state index contributed by atoms with van der Waals surface area (Å²) in [5.41, 5.74) is 3.32. The number of rotatable bonds is 4. The maximum Gasteiger partial charge on any atom is 0.223 e. The molecule has 0 aliphatic carbocycles. The van der Waals surface area contributed by atoms with E-state index < -0.39 is 5.95 Å². The second-order valence-corrected chi connectivity index (χ2v) is 6.76. The van der Waals surface area contributed by atoms with Gasteiger partial charge in [-0.25, -0.2) is 24.9 Å². The summed E-state index contributed by atoms with van der Waals surface area (Å²) >= 11 is 0. The zero-order valence-corrected chi connectivity index (χ0v) is 16.6. The van der Waals surface area contributed by atoms with Crippen LogP contribution in [0.3, 0.4) is 0 Å². The number of benzene rings is 1. The Morgan fingerprint density at radius 1 is 0.938 bits per heavy atom. The van der Waals surface area contributed by atoms with Crippen molar-refractivity contribution in [1.82, 2.24) is 35.1 Å². The fraction of sp³-hybridized carbons (Fsp3) is 0.0435. The molecule has 0 spiro atoms. The number of H-pyrrole nitrogens is 1. The van der Waals surface area contributed by atoms with Gasteiger partial charge in [-0.15, -0.1) is 0 Å². The summed E-state index contributed by atoms with van der Waals surface area (Å²) in [7, 11) is 0. The summed E-state index contributed by atoms with van der Waals surface area (Å²) < 4.78 is 13.7. The van der Waals surface area contributed by atoms with Gasteiger partial charge in [0.2, 0.25) is 11.9 Å². The Morgan fingerprint density at radius 2 is 1.88 bits per heavy atom. The van der Waals surface area contributed by atoms with E-state index in [4.69, 9.17) is 0 Å². The van der Waals surface area contributed by atoms with E-state index in [2.05, 4.69) is 52.3 Å². The third kappa shape index (κ3) is 4.24. The average molecular weight is 422 g/mol. The molecule has 9 heteroatoms. The number of pyridine rings is 1. The molecule has 0 saturated carbocycles. The van der Waals surface area contributed by atoms with Gasteiger partial charge in [-0.1, -0.05) is 12.0 Å². The lowest BCUT2D eigenvalue weighted by Crippen LogP contribution is -2.06. The maximum atomic E-state index is 13.7. The van der Waals surface area contributed by atoms with Gasteiger partial charge in [0, 0.05) is 41.6 Å². The van der Waals surface area contributed by atoms with E-state index in [1.165, 1.54) is 6.20 Å². The van der Waals surface area contributed by atoms with Crippen LogP contribution in [0.2, 0.25) is 0 Å². The zero-order chi connectivity index (χ0) is 21.8. The molecule has 0 saturated heterocycles. The van der Waals surface area contributed by atoms with Crippen molar-refractivity contribution in [3.63, 3.8) is 0 Å². The molecule has 0 aliphatic heterocycles. The first-order valence-electron chi connectivity index (χ1n) is 9.69. The normalized spacial score (nSPS) is 10.5. The third-order valence-corrected chi connectivity index (χ3v) is 4.59. The van der Waals surface area contributed by atoms with E-state index in [1.54, 1.807) is 42.9 Å². The van der Waals surface area contributed by atoms with Crippen molar-refractivity contribution in [3.05, 3.63) is 90.0 Å². The predicted octanol–water partition coefficient (Wildman–Crippen LogP) is 3.36. The van der Waals surface area contributed by atoms with Gasteiger partial charge in [-0.3, -0.25) is 5.10 Å². The Balaban J connectivity index is 1.35. The topological polar surface area (TPSA) is 105 Å². The number of fused-ring (bicyclic) bond motifs is 1. The van der Waals surface area contributed by atoms with Crippen molar-refractivity contribution >= 4 is 16.9 Å². The molecular weight excluding hydrogens is 407 g/mol. The van der Waals surface area contributed by atoms with Crippen molar-refractivity contribution < 1.29 is 4.39 Å². The van der Waals surface area contributed by atoms with Crippen LogP contribution in [-0.2, 0) is 6.54 Å². The molecule has 0 amide bonds. The van der Waals surface area contributed by atoms with Gasteiger partial charge in [0.1, 0.15) is 11.4 Å². The van der Waals surface area contributed by atoms with Gasteiger partial charge in [0.15, 0.2) is 5.82 Å². The number of aromatic amines is 1. The van der Waals surface area contributed by atoms with Crippen LogP contribution in [0.4, 0.5) is 10.3 Å². The van der Waals surface area contributed by atoms with Crippen molar-refractivity contribution in [2.75, 3.05) is 5.32 Å². The van der Waals surface area contributed by atoms with Gasteiger partial charge >= 0.3 is 0 Å². The van der Waals surface area contributed by atoms with Crippen LogP contribution in [0.5, 0.6) is 0 Å². The summed E-state index contributed by atoms with van der Waals surface area (Å²) in [4.78, 5) is 21.0. The largest absolute Gasteiger partial charge is 0.350 e. The molecule has 0 bridgehead atoms. The molecule has 0 radical (unpaired) electrons. The second kappa shape index (κ2) is 8.57. The third-order valence-electron chi connectivity index (χ3n) is 4.59. The Bertz CT molecular complexity index is 1470. The molecule has 5 aromatic rings. The van der Waals surface area contributed by atoms with E-state index in [1.807, 2.05) is 18.2 Å². The minimum absolute atomic E-state index is 0.205. The highest BCUT2D eigenvalue weighted by molar-refractivity contribution is 5.79. The SMILES string of the molecule is Fc1ncccc1CNc1nccc(-c2nccc(C#Cc3ccc4[nH]ncc4c3)n2)n1. The Hall–Kier alpha value is -4.71. The van der Waals surface area contributed by atoms with Crippen LogP contribution in [0, 0.1) is 17.8 Å². The standard InChI is InChI=1S/C23H15FN8/c24-21-16(2-1-9-25-21)13-28-23-27-11-8-20(31-23)22-26-10-7-18(30-22)5-3-15-4-6-19-17(12-15)14-29-32-19/h1-2,4,6-12,14H,13H2,(H,29,32)(H,27,28,31). The molecule has 4 heterocycles. The number of aromatic nitrogens is 7. The lowest BCUT2D eigenvalue weighted by atomic mass is 10.1. The minimum Gasteiger partial charge on any atom is -0.350 e. The van der Waals surface area contributed by atoms with E-state index in [0.717, 1.165) is 16.5 Å². The molecule has 2 N–H and O–H groups in total. The van der Waals surface area contributed by atoms with E-state index >= 15 is 0 Å². The fourth-order valence-electron chi connectivity index (χ4n) is 3.00. The van der Waals surface area contributed by atoms with Crippen molar-refractivity contribution in [2.24, 2.45) is 0 Å². The van der Waals surface area contributed by atoms with Gasteiger partial charge in [-0.2, -0.15) is 9.49 Å². The van der Waals surface area contributed by atoms with E-state index in [0.29, 0.717) is 28.7 Å². The number of hydrogen-bond acceptors (Lipinski definition) is 7. The molecular formula is C23H15FN8. The van der Waals surface area contributed by atoms with E-state index in [9.17, 15) is 4.39 Å². The Labute approximate surface area is 182 Å². The van der Waals surface area contributed by atoms with E-state index in [-0.39, 0.29) is 6.54 Å². The number of nitrogens with zero attached hydrogens (tertiary/aromatic N) is 6. The molecule has 0 fully saturated rings.